The van der Waals surface area contributed by atoms with Gasteiger partial charge in [0.25, 0.3) is 5.91 Å². The van der Waals surface area contributed by atoms with Crippen molar-refractivity contribution < 1.29 is 4.79 Å². The molecule has 1 aliphatic rings. The summed E-state index contributed by atoms with van der Waals surface area (Å²) in [5.41, 5.74) is 5.07. The second-order valence-electron chi connectivity index (χ2n) is 7.01. The summed E-state index contributed by atoms with van der Waals surface area (Å²) in [6.45, 7) is 4.70. The van der Waals surface area contributed by atoms with Crippen molar-refractivity contribution >= 4 is 16.9 Å². The lowest BCUT2D eigenvalue weighted by Gasteiger charge is -2.24. The van der Waals surface area contributed by atoms with Crippen LogP contribution in [-0.2, 0) is 6.54 Å². The average Bonchev–Trinajstić information content (AvgIpc) is 3.06. The maximum Gasteiger partial charge on any atom is 0.251 e. The van der Waals surface area contributed by atoms with Crippen LogP contribution in [-0.4, -0.2) is 34.6 Å². The van der Waals surface area contributed by atoms with E-state index in [1.54, 1.807) is 0 Å². The molecule has 134 valence electrons. The van der Waals surface area contributed by atoms with Crippen molar-refractivity contribution in [2.75, 3.05) is 13.1 Å². The normalized spacial score (nSPS) is 15.3. The molecule has 0 atom stereocenters. The highest BCUT2D eigenvalue weighted by Crippen LogP contribution is 2.17. The molecule has 0 bridgehead atoms. The zero-order valence-electron chi connectivity index (χ0n) is 15.0. The molecule has 1 amide bonds. The van der Waals surface area contributed by atoms with Gasteiger partial charge in [-0.2, -0.15) is 0 Å². The van der Waals surface area contributed by atoms with Crippen LogP contribution in [0.2, 0.25) is 0 Å². The number of fused-ring (bicyclic) bond motifs is 1. The van der Waals surface area contributed by atoms with Gasteiger partial charge in [-0.1, -0.05) is 24.3 Å². The minimum Gasteiger partial charge on any atom is -0.349 e. The SMILES string of the molecule is Cc1cc(Cn2cnc3ccccc32)ccc1C(=O)NC1CCNCC1. The molecular formula is C21H24N4O. The van der Waals surface area contributed by atoms with Crippen molar-refractivity contribution in [3.63, 3.8) is 0 Å². The molecule has 3 aromatic rings. The predicted octanol–water partition coefficient (Wildman–Crippen LogP) is 2.87. The molecule has 5 heteroatoms. The first-order valence-electron chi connectivity index (χ1n) is 9.22. The van der Waals surface area contributed by atoms with E-state index in [0.717, 1.165) is 54.6 Å². The van der Waals surface area contributed by atoms with Crippen LogP contribution < -0.4 is 10.6 Å². The Balaban J connectivity index is 1.49. The number of amides is 1. The van der Waals surface area contributed by atoms with Crippen LogP contribution >= 0.6 is 0 Å². The average molecular weight is 348 g/mol. The summed E-state index contributed by atoms with van der Waals surface area (Å²) in [7, 11) is 0. The minimum atomic E-state index is 0.0361. The number of hydrogen-bond acceptors (Lipinski definition) is 3. The summed E-state index contributed by atoms with van der Waals surface area (Å²) >= 11 is 0. The Morgan fingerprint density at radius 3 is 2.85 bits per heavy atom. The van der Waals surface area contributed by atoms with E-state index >= 15 is 0 Å². The molecule has 4 rings (SSSR count). The van der Waals surface area contributed by atoms with E-state index in [1.807, 2.05) is 43.6 Å². The number of nitrogens with one attached hydrogen (secondary N) is 2. The van der Waals surface area contributed by atoms with Crippen molar-refractivity contribution in [1.29, 1.82) is 0 Å². The number of rotatable bonds is 4. The minimum absolute atomic E-state index is 0.0361. The van der Waals surface area contributed by atoms with Crippen molar-refractivity contribution in [2.24, 2.45) is 0 Å². The lowest BCUT2D eigenvalue weighted by atomic mass is 10.0. The largest absolute Gasteiger partial charge is 0.349 e. The van der Waals surface area contributed by atoms with E-state index in [-0.39, 0.29) is 11.9 Å². The smallest absolute Gasteiger partial charge is 0.251 e. The summed E-state index contributed by atoms with van der Waals surface area (Å²) < 4.78 is 2.14. The number of aromatic nitrogens is 2. The molecule has 0 radical (unpaired) electrons. The highest BCUT2D eigenvalue weighted by molar-refractivity contribution is 5.95. The van der Waals surface area contributed by atoms with Gasteiger partial charge in [-0.05, 0) is 62.2 Å². The number of imidazole rings is 1. The summed E-state index contributed by atoms with van der Waals surface area (Å²) in [5, 5.41) is 6.49. The third kappa shape index (κ3) is 3.48. The van der Waals surface area contributed by atoms with Gasteiger partial charge < -0.3 is 15.2 Å². The van der Waals surface area contributed by atoms with Gasteiger partial charge in [0.15, 0.2) is 0 Å². The first kappa shape index (κ1) is 16.8. The van der Waals surface area contributed by atoms with Gasteiger partial charge in [-0.25, -0.2) is 4.98 Å². The highest BCUT2D eigenvalue weighted by atomic mass is 16.1. The van der Waals surface area contributed by atoms with Crippen molar-refractivity contribution in [2.45, 2.75) is 32.4 Å². The number of aryl methyl sites for hydroxylation is 1. The molecule has 0 saturated carbocycles. The Morgan fingerprint density at radius 2 is 2.04 bits per heavy atom. The molecular weight excluding hydrogens is 324 g/mol. The van der Waals surface area contributed by atoms with Gasteiger partial charge in [0.1, 0.15) is 0 Å². The fourth-order valence-electron chi connectivity index (χ4n) is 3.64. The van der Waals surface area contributed by atoms with Crippen LogP contribution in [0.25, 0.3) is 11.0 Å². The highest BCUT2D eigenvalue weighted by Gasteiger charge is 2.17. The van der Waals surface area contributed by atoms with Gasteiger partial charge in [-0.3, -0.25) is 4.79 Å². The van der Waals surface area contributed by atoms with E-state index in [0.29, 0.717) is 0 Å². The third-order valence-corrected chi connectivity index (χ3v) is 5.09. The van der Waals surface area contributed by atoms with Gasteiger partial charge >= 0.3 is 0 Å². The molecule has 1 fully saturated rings. The zero-order chi connectivity index (χ0) is 17.9. The second kappa shape index (κ2) is 7.30. The Labute approximate surface area is 153 Å². The van der Waals surface area contributed by atoms with Crippen LogP contribution in [0.3, 0.4) is 0 Å². The Hall–Kier alpha value is -2.66. The Morgan fingerprint density at radius 1 is 1.23 bits per heavy atom. The fraction of sp³-hybridized carbons (Fsp3) is 0.333. The quantitative estimate of drug-likeness (QED) is 0.762. The number of carbonyl (C=O) groups is 1. The summed E-state index contributed by atoms with van der Waals surface area (Å²) in [6, 6.07) is 14.5. The van der Waals surface area contributed by atoms with Crippen LogP contribution in [0, 0.1) is 6.92 Å². The topological polar surface area (TPSA) is 59.0 Å². The first-order chi connectivity index (χ1) is 12.7. The van der Waals surface area contributed by atoms with Crippen LogP contribution in [0.5, 0.6) is 0 Å². The maximum absolute atomic E-state index is 12.6. The summed E-state index contributed by atoms with van der Waals surface area (Å²) in [5.74, 6) is 0.0361. The maximum atomic E-state index is 12.6. The molecule has 1 aliphatic heterocycles. The zero-order valence-corrected chi connectivity index (χ0v) is 15.0. The van der Waals surface area contributed by atoms with Gasteiger partial charge in [0, 0.05) is 18.2 Å². The van der Waals surface area contributed by atoms with E-state index < -0.39 is 0 Å². The Bertz CT molecular complexity index is 925. The number of nitrogens with zero attached hydrogens (tertiary/aromatic N) is 2. The predicted molar refractivity (Wildman–Crippen MR) is 103 cm³/mol. The number of benzene rings is 2. The second-order valence-corrected chi connectivity index (χ2v) is 7.01. The molecule has 1 saturated heterocycles. The monoisotopic (exact) mass is 348 g/mol. The number of piperidine rings is 1. The standard InChI is InChI=1S/C21H24N4O/c1-15-12-16(13-25-14-23-19-4-2-3-5-20(19)25)6-7-18(15)21(26)24-17-8-10-22-11-9-17/h2-7,12,14,17,22H,8-11,13H2,1H3,(H,24,26). The number of hydrogen-bond donors (Lipinski definition) is 2. The molecule has 2 heterocycles. The van der Waals surface area contributed by atoms with Gasteiger partial charge in [-0.15, -0.1) is 0 Å². The lowest BCUT2D eigenvalue weighted by molar-refractivity contribution is 0.0929. The molecule has 5 nitrogen and oxygen atoms in total. The summed E-state index contributed by atoms with van der Waals surface area (Å²) in [6.07, 6.45) is 3.87. The van der Waals surface area contributed by atoms with Crippen molar-refractivity contribution in [3.05, 3.63) is 65.5 Å². The van der Waals surface area contributed by atoms with E-state index in [4.69, 9.17) is 0 Å². The van der Waals surface area contributed by atoms with Crippen LogP contribution in [0.15, 0.2) is 48.8 Å². The van der Waals surface area contributed by atoms with Crippen molar-refractivity contribution in [1.82, 2.24) is 20.2 Å². The van der Waals surface area contributed by atoms with Crippen LogP contribution in [0.4, 0.5) is 0 Å². The molecule has 2 aromatic carbocycles. The number of carbonyl (C=O) groups excluding carboxylic acids is 1. The van der Waals surface area contributed by atoms with E-state index in [9.17, 15) is 4.79 Å². The van der Waals surface area contributed by atoms with Gasteiger partial charge in [0.05, 0.1) is 17.4 Å². The molecule has 0 spiro atoms. The molecule has 0 unspecified atom stereocenters. The van der Waals surface area contributed by atoms with Crippen LogP contribution in [0.1, 0.15) is 34.3 Å². The molecule has 0 aliphatic carbocycles. The summed E-state index contributed by atoms with van der Waals surface area (Å²) in [4.78, 5) is 17.0. The van der Waals surface area contributed by atoms with Crippen molar-refractivity contribution in [3.8, 4) is 0 Å². The van der Waals surface area contributed by atoms with Gasteiger partial charge in [0.2, 0.25) is 0 Å². The van der Waals surface area contributed by atoms with E-state index in [2.05, 4.69) is 32.3 Å². The molecule has 2 N–H and O–H groups in total. The number of para-hydroxylation sites is 2. The molecule has 1 aromatic heterocycles. The Kier molecular flexibility index (Phi) is 4.71. The lowest BCUT2D eigenvalue weighted by Crippen LogP contribution is -2.42. The first-order valence-corrected chi connectivity index (χ1v) is 9.22. The third-order valence-electron chi connectivity index (χ3n) is 5.09. The molecule has 26 heavy (non-hydrogen) atoms. The fourth-order valence-corrected chi connectivity index (χ4v) is 3.64. The van der Waals surface area contributed by atoms with E-state index in [1.165, 1.54) is 5.56 Å².